The first-order valence-electron chi connectivity index (χ1n) is 11.3. The number of benzene rings is 2. The number of carbonyl (C=O) groups excluding carboxylic acids is 2. The molecule has 0 radical (unpaired) electrons. The molecule has 0 aliphatic carbocycles. The third-order valence-corrected chi connectivity index (χ3v) is 6.15. The summed E-state index contributed by atoms with van der Waals surface area (Å²) in [4.78, 5) is 29.6. The van der Waals surface area contributed by atoms with Gasteiger partial charge >= 0.3 is 0 Å². The number of nitrogens with two attached hydrogens (primary N) is 1. The minimum absolute atomic E-state index is 0.173. The highest BCUT2D eigenvalue weighted by Gasteiger charge is 2.37. The number of hydrogen-bond donors (Lipinski definition) is 2. The predicted molar refractivity (Wildman–Crippen MR) is 125 cm³/mol. The number of halogens is 2. The van der Waals surface area contributed by atoms with E-state index in [2.05, 4.69) is 5.32 Å². The summed E-state index contributed by atoms with van der Waals surface area (Å²) in [5, 5.41) is 2.69. The number of ether oxygens (including phenoxy) is 1. The molecule has 34 heavy (non-hydrogen) atoms. The number of likely N-dealkylation sites (N-methyl/N-ethyl adjacent to an activating group) is 1. The van der Waals surface area contributed by atoms with Gasteiger partial charge in [0.2, 0.25) is 11.8 Å². The monoisotopic (exact) mass is 474 g/mol. The topological polar surface area (TPSA) is 87.9 Å². The number of piperazine rings is 1. The van der Waals surface area contributed by atoms with Crippen LogP contribution in [0.5, 0.6) is 0 Å². The Morgan fingerprint density at radius 2 is 1.82 bits per heavy atom. The van der Waals surface area contributed by atoms with Gasteiger partial charge in [0.1, 0.15) is 11.6 Å². The van der Waals surface area contributed by atoms with Crippen molar-refractivity contribution in [3.05, 3.63) is 71.3 Å². The molecular weight excluding hydrogens is 442 g/mol. The number of methoxy groups -OCH3 is 1. The van der Waals surface area contributed by atoms with Crippen LogP contribution in [-0.2, 0) is 27.2 Å². The Labute approximate surface area is 198 Å². The molecule has 1 heterocycles. The highest BCUT2D eigenvalue weighted by Crippen LogP contribution is 2.19. The van der Waals surface area contributed by atoms with E-state index in [9.17, 15) is 18.4 Å². The van der Waals surface area contributed by atoms with Crippen molar-refractivity contribution in [2.75, 3.05) is 40.4 Å². The third-order valence-electron chi connectivity index (χ3n) is 6.15. The van der Waals surface area contributed by atoms with E-state index in [-0.39, 0.29) is 36.1 Å². The van der Waals surface area contributed by atoms with Gasteiger partial charge in [0.15, 0.2) is 0 Å². The van der Waals surface area contributed by atoms with Crippen LogP contribution in [0.15, 0.2) is 48.5 Å². The average Bonchev–Trinajstić information content (AvgIpc) is 2.83. The molecule has 2 amide bonds. The minimum atomic E-state index is -0.779. The SMILES string of the molecule is CNC(=O)C(Cc1cccc(F)c1)N1CCN(C(=O)C(N)Cc2ccc(F)cc2)C(COC)C1. The molecule has 0 spiro atoms. The fraction of sp³-hybridized carbons (Fsp3) is 0.440. The first kappa shape index (κ1) is 25.7. The highest BCUT2D eigenvalue weighted by molar-refractivity contribution is 5.83. The quantitative estimate of drug-likeness (QED) is 0.573. The molecule has 7 nitrogen and oxygen atoms in total. The zero-order chi connectivity index (χ0) is 24.7. The number of nitrogens with zero attached hydrogens (tertiary/aromatic N) is 2. The maximum absolute atomic E-state index is 13.7. The van der Waals surface area contributed by atoms with Gasteiger partial charge in [-0.1, -0.05) is 24.3 Å². The maximum atomic E-state index is 13.7. The fourth-order valence-corrected chi connectivity index (χ4v) is 4.40. The van der Waals surface area contributed by atoms with E-state index in [1.165, 1.54) is 24.3 Å². The summed E-state index contributed by atoms with van der Waals surface area (Å²) in [6.07, 6.45) is 0.634. The zero-order valence-corrected chi connectivity index (χ0v) is 19.5. The van der Waals surface area contributed by atoms with Crippen LogP contribution < -0.4 is 11.1 Å². The smallest absolute Gasteiger partial charge is 0.240 e. The molecule has 1 fully saturated rings. The van der Waals surface area contributed by atoms with Crippen molar-refractivity contribution in [3.63, 3.8) is 0 Å². The van der Waals surface area contributed by atoms with Crippen molar-refractivity contribution >= 4 is 11.8 Å². The second kappa shape index (κ2) is 12.0. The first-order valence-corrected chi connectivity index (χ1v) is 11.3. The fourth-order valence-electron chi connectivity index (χ4n) is 4.40. The molecule has 3 N–H and O–H groups in total. The second-order valence-corrected chi connectivity index (χ2v) is 8.54. The van der Waals surface area contributed by atoms with Gasteiger partial charge in [0.25, 0.3) is 0 Å². The lowest BCUT2D eigenvalue weighted by atomic mass is 10.00. The van der Waals surface area contributed by atoms with E-state index in [0.29, 0.717) is 32.5 Å². The summed E-state index contributed by atoms with van der Waals surface area (Å²) in [6.45, 7) is 1.53. The van der Waals surface area contributed by atoms with Crippen LogP contribution in [0.4, 0.5) is 8.78 Å². The lowest BCUT2D eigenvalue weighted by Crippen LogP contribution is -2.63. The molecule has 2 aromatic carbocycles. The Kier molecular flexibility index (Phi) is 9.09. The summed E-state index contributed by atoms with van der Waals surface area (Å²) in [5.74, 6) is -1.08. The maximum Gasteiger partial charge on any atom is 0.240 e. The largest absolute Gasteiger partial charge is 0.382 e. The van der Waals surface area contributed by atoms with Gasteiger partial charge < -0.3 is 20.7 Å². The molecule has 1 saturated heterocycles. The molecular formula is C25H32F2N4O3. The van der Waals surface area contributed by atoms with E-state index in [1.807, 2.05) is 4.90 Å². The lowest BCUT2D eigenvalue weighted by Gasteiger charge is -2.44. The minimum Gasteiger partial charge on any atom is -0.382 e. The number of rotatable bonds is 9. The van der Waals surface area contributed by atoms with E-state index < -0.39 is 12.1 Å². The standard InChI is InChI=1S/C25H32F2N4O3/c1-29-24(32)23(14-18-4-3-5-20(27)12-18)30-10-11-31(21(15-30)16-34-2)25(33)22(28)13-17-6-8-19(26)9-7-17/h3-9,12,21-23H,10-11,13-16,28H2,1-2H3,(H,29,32). The van der Waals surface area contributed by atoms with Gasteiger partial charge in [-0.3, -0.25) is 14.5 Å². The molecule has 184 valence electrons. The Morgan fingerprint density at radius 1 is 1.09 bits per heavy atom. The van der Waals surface area contributed by atoms with Crippen molar-refractivity contribution < 1.29 is 23.1 Å². The molecule has 1 aliphatic rings. The van der Waals surface area contributed by atoms with E-state index in [0.717, 1.165) is 11.1 Å². The third kappa shape index (κ3) is 6.59. The van der Waals surface area contributed by atoms with Crippen LogP contribution in [0.3, 0.4) is 0 Å². The van der Waals surface area contributed by atoms with E-state index in [4.69, 9.17) is 10.5 Å². The Hall–Kier alpha value is -2.88. The van der Waals surface area contributed by atoms with Crippen LogP contribution in [0.25, 0.3) is 0 Å². The van der Waals surface area contributed by atoms with Crippen LogP contribution >= 0.6 is 0 Å². The summed E-state index contributed by atoms with van der Waals surface area (Å²) in [5.41, 5.74) is 7.71. The Balaban J connectivity index is 1.71. The average molecular weight is 475 g/mol. The summed E-state index contributed by atoms with van der Waals surface area (Å²) in [6, 6.07) is 10.5. The summed E-state index contributed by atoms with van der Waals surface area (Å²) >= 11 is 0. The molecule has 2 aromatic rings. The van der Waals surface area contributed by atoms with Crippen LogP contribution in [0.2, 0.25) is 0 Å². The van der Waals surface area contributed by atoms with Crippen LogP contribution in [-0.4, -0.2) is 80.1 Å². The van der Waals surface area contributed by atoms with Gasteiger partial charge in [-0.25, -0.2) is 8.78 Å². The molecule has 0 aromatic heterocycles. The van der Waals surface area contributed by atoms with Gasteiger partial charge in [-0.15, -0.1) is 0 Å². The van der Waals surface area contributed by atoms with Crippen LogP contribution in [0, 0.1) is 11.6 Å². The number of carbonyl (C=O) groups is 2. The Bertz CT molecular complexity index is 973. The molecule has 0 saturated carbocycles. The lowest BCUT2D eigenvalue weighted by molar-refractivity contribution is -0.141. The molecule has 3 unspecified atom stereocenters. The van der Waals surface area contributed by atoms with Crippen molar-refractivity contribution in [2.45, 2.75) is 31.0 Å². The summed E-state index contributed by atoms with van der Waals surface area (Å²) < 4.78 is 32.2. The molecule has 3 atom stereocenters. The van der Waals surface area contributed by atoms with Crippen molar-refractivity contribution in [3.8, 4) is 0 Å². The van der Waals surface area contributed by atoms with Gasteiger partial charge in [-0.05, 0) is 48.2 Å². The molecule has 0 bridgehead atoms. The normalized spacial score (nSPS) is 18.4. The number of amides is 2. The first-order chi connectivity index (χ1) is 16.3. The molecule has 1 aliphatic heterocycles. The van der Waals surface area contributed by atoms with Crippen molar-refractivity contribution in [1.29, 1.82) is 0 Å². The highest BCUT2D eigenvalue weighted by atomic mass is 19.1. The van der Waals surface area contributed by atoms with Gasteiger partial charge in [0.05, 0.1) is 24.7 Å². The number of nitrogens with one attached hydrogen (secondary N) is 1. The number of hydrogen-bond acceptors (Lipinski definition) is 5. The van der Waals surface area contributed by atoms with E-state index >= 15 is 0 Å². The summed E-state index contributed by atoms with van der Waals surface area (Å²) in [7, 11) is 3.13. The second-order valence-electron chi connectivity index (χ2n) is 8.54. The van der Waals surface area contributed by atoms with Crippen molar-refractivity contribution in [1.82, 2.24) is 15.1 Å². The molecule has 9 heteroatoms. The molecule has 3 rings (SSSR count). The van der Waals surface area contributed by atoms with Gasteiger partial charge in [-0.2, -0.15) is 0 Å². The van der Waals surface area contributed by atoms with E-state index in [1.54, 1.807) is 43.3 Å². The van der Waals surface area contributed by atoms with Crippen LogP contribution in [0.1, 0.15) is 11.1 Å². The van der Waals surface area contributed by atoms with Gasteiger partial charge in [0, 0.05) is 33.8 Å². The van der Waals surface area contributed by atoms with Crippen molar-refractivity contribution in [2.24, 2.45) is 5.73 Å². The Morgan fingerprint density at radius 3 is 2.47 bits per heavy atom. The zero-order valence-electron chi connectivity index (χ0n) is 19.5. The predicted octanol–water partition coefficient (Wildman–Crippen LogP) is 1.35.